The van der Waals surface area contributed by atoms with Crippen LogP contribution in [0.2, 0.25) is 0 Å². The van der Waals surface area contributed by atoms with Crippen molar-refractivity contribution in [1.29, 1.82) is 0 Å². The van der Waals surface area contributed by atoms with Gasteiger partial charge in [-0.25, -0.2) is 4.39 Å². The number of benzene rings is 2. The Kier molecular flexibility index (Phi) is 7.65. The van der Waals surface area contributed by atoms with Crippen molar-refractivity contribution in [3.63, 3.8) is 0 Å². The van der Waals surface area contributed by atoms with Crippen LogP contribution in [0.1, 0.15) is 43.8 Å². The molecule has 0 amide bonds. The smallest absolute Gasteiger partial charge is 0.181 e. The number of rotatable bonds is 5. The second kappa shape index (κ2) is 9.27. The third-order valence-corrected chi connectivity index (χ3v) is 2.99. The van der Waals surface area contributed by atoms with Gasteiger partial charge in [0.2, 0.25) is 0 Å². The van der Waals surface area contributed by atoms with Gasteiger partial charge < -0.3 is 9.84 Å². The van der Waals surface area contributed by atoms with E-state index >= 15 is 0 Å². The van der Waals surface area contributed by atoms with Crippen molar-refractivity contribution < 1.29 is 14.2 Å². The quantitative estimate of drug-likeness (QED) is 0.814. The summed E-state index contributed by atoms with van der Waals surface area (Å²) in [5.74, 6) is -0.328. The molecule has 0 fully saturated rings. The molecule has 2 rings (SSSR count). The van der Waals surface area contributed by atoms with E-state index in [1.54, 1.807) is 0 Å². The molecule has 0 radical (unpaired) electrons. The van der Waals surface area contributed by atoms with Gasteiger partial charge in [-0.1, -0.05) is 57.2 Å². The van der Waals surface area contributed by atoms with Crippen LogP contribution in [0, 0.1) is 5.82 Å². The lowest BCUT2D eigenvalue weighted by atomic mass is 10.1. The molecule has 0 aliphatic carbocycles. The zero-order valence-electron chi connectivity index (χ0n) is 12.8. The second-order valence-corrected chi connectivity index (χ2v) is 4.38. The normalized spacial score (nSPS) is 11.5. The van der Waals surface area contributed by atoms with E-state index in [2.05, 4.69) is 6.92 Å². The van der Waals surface area contributed by atoms with Crippen LogP contribution >= 0.6 is 0 Å². The second-order valence-electron chi connectivity index (χ2n) is 4.38. The highest BCUT2D eigenvalue weighted by Gasteiger charge is 2.07. The van der Waals surface area contributed by atoms with E-state index in [9.17, 15) is 9.50 Å². The van der Waals surface area contributed by atoms with Crippen molar-refractivity contribution >= 4 is 0 Å². The molecule has 2 aromatic rings. The first kappa shape index (κ1) is 17.3. The van der Waals surface area contributed by atoms with Crippen LogP contribution in [0.25, 0.3) is 0 Å². The minimum atomic E-state index is -1.04. The van der Waals surface area contributed by atoms with Gasteiger partial charge in [-0.05, 0) is 29.7 Å². The Hall–Kier alpha value is -1.71. The van der Waals surface area contributed by atoms with Crippen LogP contribution in [0.15, 0.2) is 48.5 Å². The van der Waals surface area contributed by atoms with E-state index in [-0.39, 0.29) is 5.82 Å². The number of aliphatic hydroxyl groups excluding tert-OH is 1. The van der Waals surface area contributed by atoms with Crippen LogP contribution < -0.4 is 0 Å². The minimum absolute atomic E-state index is 0.322. The number of aliphatic hydroxyl groups is 1. The molecule has 0 aliphatic heterocycles. The van der Waals surface area contributed by atoms with Crippen molar-refractivity contribution in [2.75, 3.05) is 0 Å². The van der Waals surface area contributed by atoms with Gasteiger partial charge >= 0.3 is 0 Å². The van der Waals surface area contributed by atoms with E-state index in [1.165, 1.54) is 29.8 Å². The maximum Gasteiger partial charge on any atom is 0.181 e. The third-order valence-electron chi connectivity index (χ3n) is 2.99. The third kappa shape index (κ3) is 5.66. The Morgan fingerprint density at radius 2 is 1.48 bits per heavy atom. The van der Waals surface area contributed by atoms with E-state index in [4.69, 9.17) is 4.74 Å². The van der Waals surface area contributed by atoms with E-state index in [0.717, 1.165) is 12.0 Å². The van der Waals surface area contributed by atoms with Crippen molar-refractivity contribution in [3.05, 3.63) is 71.0 Å². The van der Waals surface area contributed by atoms with Crippen molar-refractivity contribution in [1.82, 2.24) is 0 Å². The summed E-state index contributed by atoms with van der Waals surface area (Å²) in [7, 11) is 0. The standard InChI is InChI=1S/C16H17FO2.C2H6/c1-2-12-3-5-13(6-4-12)11-19-16(18)14-7-9-15(17)10-8-14;1-2/h3-10,16,18H,2,11H2,1H3;1-2H3. The van der Waals surface area contributed by atoms with Gasteiger partial charge in [0.25, 0.3) is 0 Å². The summed E-state index contributed by atoms with van der Waals surface area (Å²) in [5.41, 5.74) is 2.81. The topological polar surface area (TPSA) is 29.5 Å². The summed E-state index contributed by atoms with van der Waals surface area (Å²) in [4.78, 5) is 0. The summed E-state index contributed by atoms with van der Waals surface area (Å²) < 4.78 is 18.1. The average molecular weight is 290 g/mol. The molecule has 114 valence electrons. The highest BCUT2D eigenvalue weighted by Crippen LogP contribution is 2.17. The van der Waals surface area contributed by atoms with Crippen molar-refractivity contribution in [2.24, 2.45) is 0 Å². The van der Waals surface area contributed by atoms with Gasteiger partial charge in [-0.2, -0.15) is 0 Å². The molecule has 0 saturated heterocycles. The van der Waals surface area contributed by atoms with Crippen LogP contribution in [0.5, 0.6) is 0 Å². The molecular formula is C18H23FO2. The molecule has 0 aromatic heterocycles. The number of hydrogen-bond acceptors (Lipinski definition) is 2. The number of hydrogen-bond donors (Lipinski definition) is 1. The molecule has 2 aromatic carbocycles. The lowest BCUT2D eigenvalue weighted by Crippen LogP contribution is -2.03. The molecule has 0 spiro atoms. The fourth-order valence-electron chi connectivity index (χ4n) is 1.77. The maximum atomic E-state index is 12.7. The summed E-state index contributed by atoms with van der Waals surface area (Å²) in [6.07, 6.45) is -0.0363. The Balaban J connectivity index is 0.00000106. The summed E-state index contributed by atoms with van der Waals surface area (Å²) in [5, 5.41) is 9.83. The van der Waals surface area contributed by atoms with Gasteiger partial charge in [-0.3, -0.25) is 0 Å². The molecule has 1 unspecified atom stereocenters. The molecule has 0 heterocycles. The zero-order chi connectivity index (χ0) is 15.7. The van der Waals surface area contributed by atoms with Crippen LogP contribution in [-0.4, -0.2) is 5.11 Å². The van der Waals surface area contributed by atoms with Gasteiger partial charge in [0, 0.05) is 5.56 Å². The van der Waals surface area contributed by atoms with Crippen LogP contribution in [0.4, 0.5) is 4.39 Å². The maximum absolute atomic E-state index is 12.7. The predicted octanol–water partition coefficient (Wildman–Crippen LogP) is 4.62. The number of ether oxygens (including phenoxy) is 1. The zero-order valence-corrected chi connectivity index (χ0v) is 12.8. The fourth-order valence-corrected chi connectivity index (χ4v) is 1.77. The SMILES string of the molecule is CC.CCc1ccc(COC(O)c2ccc(F)cc2)cc1. The molecular weight excluding hydrogens is 267 g/mol. The summed E-state index contributed by atoms with van der Waals surface area (Å²) >= 11 is 0. The van der Waals surface area contributed by atoms with Gasteiger partial charge in [0.05, 0.1) is 6.61 Å². The molecule has 0 aliphatic rings. The Morgan fingerprint density at radius 3 is 2.00 bits per heavy atom. The molecule has 1 atom stereocenters. The highest BCUT2D eigenvalue weighted by atomic mass is 19.1. The lowest BCUT2D eigenvalue weighted by Gasteiger charge is -2.12. The fraction of sp³-hybridized carbons (Fsp3) is 0.333. The lowest BCUT2D eigenvalue weighted by molar-refractivity contribution is -0.112. The Labute approximate surface area is 126 Å². The molecule has 2 nitrogen and oxygen atoms in total. The molecule has 3 heteroatoms. The van der Waals surface area contributed by atoms with Crippen LogP contribution in [0.3, 0.4) is 0 Å². The van der Waals surface area contributed by atoms with Gasteiger partial charge in [0.1, 0.15) is 5.82 Å². The first-order chi connectivity index (χ1) is 10.2. The summed E-state index contributed by atoms with van der Waals surface area (Å²) in [6.45, 7) is 6.42. The van der Waals surface area contributed by atoms with E-state index in [1.807, 2.05) is 38.1 Å². The highest BCUT2D eigenvalue weighted by molar-refractivity contribution is 5.22. The number of halogens is 1. The van der Waals surface area contributed by atoms with Crippen molar-refractivity contribution in [2.45, 2.75) is 40.1 Å². The molecule has 0 saturated carbocycles. The molecule has 21 heavy (non-hydrogen) atoms. The molecule has 0 bridgehead atoms. The van der Waals surface area contributed by atoms with Gasteiger partial charge in [-0.15, -0.1) is 0 Å². The largest absolute Gasteiger partial charge is 0.364 e. The predicted molar refractivity (Wildman–Crippen MR) is 83.3 cm³/mol. The van der Waals surface area contributed by atoms with E-state index in [0.29, 0.717) is 12.2 Å². The monoisotopic (exact) mass is 290 g/mol. The minimum Gasteiger partial charge on any atom is -0.364 e. The Morgan fingerprint density at radius 1 is 0.952 bits per heavy atom. The summed E-state index contributed by atoms with van der Waals surface area (Å²) in [6, 6.07) is 13.7. The average Bonchev–Trinajstić information content (AvgIpc) is 2.55. The Bertz CT molecular complexity index is 506. The van der Waals surface area contributed by atoms with Crippen molar-refractivity contribution in [3.8, 4) is 0 Å². The van der Waals surface area contributed by atoms with Crippen LogP contribution in [-0.2, 0) is 17.8 Å². The first-order valence-corrected chi connectivity index (χ1v) is 7.32. The van der Waals surface area contributed by atoms with Gasteiger partial charge in [0.15, 0.2) is 6.29 Å². The molecule has 1 N–H and O–H groups in total. The number of aryl methyl sites for hydroxylation is 1. The first-order valence-electron chi connectivity index (χ1n) is 7.32. The van der Waals surface area contributed by atoms with E-state index < -0.39 is 6.29 Å².